The van der Waals surface area contributed by atoms with Gasteiger partial charge < -0.3 is 0 Å². The Bertz CT molecular complexity index is 802. The summed E-state index contributed by atoms with van der Waals surface area (Å²) in [6, 6.07) is 16.3. The van der Waals surface area contributed by atoms with E-state index in [1.54, 1.807) is 0 Å². The molecule has 0 spiro atoms. The van der Waals surface area contributed by atoms with Crippen molar-refractivity contribution in [2.45, 2.75) is 0 Å². The van der Waals surface area contributed by atoms with Crippen LogP contribution in [0.25, 0.3) is 16.8 Å². The minimum atomic E-state index is -10.7. The van der Waals surface area contributed by atoms with Gasteiger partial charge in [-0.2, -0.15) is 4.40 Å². The first-order valence-corrected chi connectivity index (χ1v) is 8.30. The zero-order valence-corrected chi connectivity index (χ0v) is 12.4. The topological polar surface area (TPSA) is 17.0 Å². The third-order valence-electron chi connectivity index (χ3n) is 2.62. The van der Waals surface area contributed by atoms with E-state index in [-0.39, 0.29) is 0 Å². The molecule has 0 fully saturated rings. The molecule has 3 aromatic heterocycles. The molecule has 0 unspecified atom stereocenters. The SMILES string of the molecule is F[P-](F)(F)(F)(F)F.c1ccc(-c2ccc[n+]3ccccc23)nc1. The Morgan fingerprint density at radius 1 is 0.739 bits per heavy atom. The van der Waals surface area contributed by atoms with Crippen LogP contribution >= 0.6 is 7.81 Å². The monoisotopic (exact) mass is 352 g/mol. The molecule has 9 heteroatoms. The number of aromatic nitrogens is 2. The van der Waals surface area contributed by atoms with Crippen molar-refractivity contribution in [3.63, 3.8) is 0 Å². The van der Waals surface area contributed by atoms with Crippen molar-refractivity contribution in [2.24, 2.45) is 0 Å². The van der Waals surface area contributed by atoms with Crippen molar-refractivity contribution in [1.29, 1.82) is 0 Å². The quantitative estimate of drug-likeness (QED) is 0.304. The van der Waals surface area contributed by atoms with Crippen LogP contribution in [0.15, 0.2) is 67.1 Å². The summed E-state index contributed by atoms with van der Waals surface area (Å²) in [7, 11) is -10.7. The second-order valence-electron chi connectivity index (χ2n) is 4.59. The zero-order valence-electron chi connectivity index (χ0n) is 11.5. The van der Waals surface area contributed by atoms with E-state index in [9.17, 15) is 25.2 Å². The smallest absolute Gasteiger partial charge is 0.220 e. The predicted octanol–water partition coefficient (Wildman–Crippen LogP) is 5.87. The molecule has 0 aliphatic heterocycles. The van der Waals surface area contributed by atoms with E-state index < -0.39 is 7.81 Å². The number of pyridine rings is 3. The van der Waals surface area contributed by atoms with Gasteiger partial charge in [0.15, 0.2) is 12.4 Å². The molecule has 0 bridgehead atoms. The summed E-state index contributed by atoms with van der Waals surface area (Å²) in [4.78, 5) is 4.39. The van der Waals surface area contributed by atoms with Gasteiger partial charge in [0, 0.05) is 24.4 Å². The summed E-state index contributed by atoms with van der Waals surface area (Å²) < 4.78 is 61.3. The average Bonchev–Trinajstić information content (AvgIpc) is 2.44. The van der Waals surface area contributed by atoms with Crippen molar-refractivity contribution < 1.29 is 29.6 Å². The van der Waals surface area contributed by atoms with Crippen LogP contribution in [0.2, 0.25) is 0 Å². The Morgan fingerprint density at radius 2 is 1.35 bits per heavy atom. The largest absolute Gasteiger partial charge is 0.256 e. The first kappa shape index (κ1) is 17.1. The first-order valence-electron chi connectivity index (χ1n) is 6.27. The molecule has 0 aromatic carbocycles. The third-order valence-corrected chi connectivity index (χ3v) is 2.62. The fraction of sp³-hybridized carbons (Fsp3) is 0. The third kappa shape index (κ3) is 6.61. The second kappa shape index (κ2) is 5.16. The standard InChI is InChI=1S/C14H11N2.F6P/c1-3-9-15-13(7-1)12-6-5-11-16-10-4-2-8-14(12)16;1-7(2,3,4,5)6/h1-11H;/q+1;-1. The van der Waals surface area contributed by atoms with E-state index >= 15 is 0 Å². The Hall–Kier alpha value is -2.21. The maximum atomic E-state index is 9.87. The fourth-order valence-electron chi connectivity index (χ4n) is 1.87. The number of hydrogen-bond acceptors (Lipinski definition) is 1. The Balaban J connectivity index is 0.000000236. The number of halogens is 6. The van der Waals surface area contributed by atoms with Gasteiger partial charge in [0.05, 0.1) is 11.3 Å². The van der Waals surface area contributed by atoms with Gasteiger partial charge in [0.25, 0.3) is 0 Å². The van der Waals surface area contributed by atoms with Crippen LogP contribution in [-0.4, -0.2) is 4.98 Å². The van der Waals surface area contributed by atoms with Gasteiger partial charge in [0.2, 0.25) is 5.52 Å². The van der Waals surface area contributed by atoms with E-state index in [1.165, 1.54) is 5.52 Å². The van der Waals surface area contributed by atoms with Crippen molar-refractivity contribution in [2.75, 3.05) is 0 Å². The average molecular weight is 352 g/mol. The molecular formula is C14H11F6N2P. The summed E-state index contributed by atoms with van der Waals surface area (Å²) in [5, 5.41) is 0. The van der Waals surface area contributed by atoms with Crippen LogP contribution in [0.5, 0.6) is 0 Å². The molecule has 23 heavy (non-hydrogen) atoms. The number of fused-ring (bicyclic) bond motifs is 1. The van der Waals surface area contributed by atoms with Crippen LogP contribution in [0.4, 0.5) is 25.2 Å². The molecule has 0 atom stereocenters. The van der Waals surface area contributed by atoms with Gasteiger partial charge in [-0.3, -0.25) is 4.98 Å². The van der Waals surface area contributed by atoms with Gasteiger partial charge in [-0.1, -0.05) is 6.07 Å². The van der Waals surface area contributed by atoms with Crippen LogP contribution in [0.1, 0.15) is 0 Å². The Kier molecular flexibility index (Phi) is 3.85. The predicted molar refractivity (Wildman–Crippen MR) is 76.4 cm³/mol. The molecular weight excluding hydrogens is 341 g/mol. The van der Waals surface area contributed by atoms with E-state index in [0.717, 1.165) is 11.3 Å². The van der Waals surface area contributed by atoms with E-state index in [1.807, 2.05) is 55.0 Å². The van der Waals surface area contributed by atoms with Crippen LogP contribution in [0, 0.1) is 0 Å². The molecule has 3 rings (SSSR count). The van der Waals surface area contributed by atoms with E-state index in [2.05, 4.69) is 21.5 Å². The number of nitrogens with zero attached hydrogens (tertiary/aromatic N) is 2. The Morgan fingerprint density at radius 3 is 1.96 bits per heavy atom. The molecule has 0 radical (unpaired) electrons. The maximum absolute atomic E-state index is 10.7. The summed E-state index contributed by atoms with van der Waals surface area (Å²) in [5.41, 5.74) is 3.33. The molecule has 0 aliphatic rings. The van der Waals surface area contributed by atoms with Gasteiger partial charge in [-0.05, 0) is 24.3 Å². The first-order chi connectivity index (χ1) is 10.4. The second-order valence-corrected chi connectivity index (χ2v) is 6.50. The van der Waals surface area contributed by atoms with Gasteiger partial charge in [-0.25, -0.2) is 0 Å². The number of hydrogen-bond donors (Lipinski definition) is 0. The van der Waals surface area contributed by atoms with Crippen LogP contribution in [-0.2, 0) is 0 Å². The molecule has 2 nitrogen and oxygen atoms in total. The van der Waals surface area contributed by atoms with E-state index in [0.29, 0.717) is 0 Å². The Labute approximate surface area is 127 Å². The summed E-state index contributed by atoms with van der Waals surface area (Å²) >= 11 is 0. The van der Waals surface area contributed by atoms with Crippen LogP contribution < -0.4 is 4.40 Å². The molecule has 0 saturated carbocycles. The maximum Gasteiger partial charge on any atom is 0.220 e. The molecule has 0 aliphatic carbocycles. The zero-order chi connectivity index (χ0) is 17.2. The van der Waals surface area contributed by atoms with E-state index in [4.69, 9.17) is 0 Å². The molecule has 3 heterocycles. The van der Waals surface area contributed by atoms with Gasteiger partial charge in [0.1, 0.15) is 0 Å². The fourth-order valence-corrected chi connectivity index (χ4v) is 1.87. The molecule has 0 saturated heterocycles. The molecule has 0 N–H and O–H groups in total. The van der Waals surface area contributed by atoms with Crippen molar-refractivity contribution in [1.82, 2.24) is 4.98 Å². The minimum absolute atomic E-state index is 1.01. The normalized spacial score (nSPS) is 14.3. The molecule has 124 valence electrons. The summed E-state index contributed by atoms with van der Waals surface area (Å²) in [6.45, 7) is 0. The van der Waals surface area contributed by atoms with Crippen molar-refractivity contribution in [3.8, 4) is 11.3 Å². The van der Waals surface area contributed by atoms with Crippen LogP contribution in [0.3, 0.4) is 0 Å². The minimum Gasteiger partial charge on any atom is -0.256 e. The molecule has 0 amide bonds. The summed E-state index contributed by atoms with van der Waals surface area (Å²) in [5.74, 6) is 0. The molecule has 3 aromatic rings. The summed E-state index contributed by atoms with van der Waals surface area (Å²) in [6.07, 6.45) is 5.91. The van der Waals surface area contributed by atoms with Gasteiger partial charge in [-0.15, -0.1) is 0 Å². The van der Waals surface area contributed by atoms with Crippen molar-refractivity contribution >= 4 is 13.3 Å². The van der Waals surface area contributed by atoms with Gasteiger partial charge >= 0.3 is 33.0 Å². The van der Waals surface area contributed by atoms with Crippen molar-refractivity contribution in [3.05, 3.63) is 67.1 Å². The number of rotatable bonds is 1.